The highest BCUT2D eigenvalue weighted by Crippen LogP contribution is 1.94. The molecule has 98 valence electrons. The topological polar surface area (TPSA) is 59.8 Å². The highest BCUT2D eigenvalue weighted by Gasteiger charge is 2.06. The first-order chi connectivity index (χ1) is 7.74. The predicted octanol–water partition coefficient (Wildman–Crippen LogP) is -5.87. The zero-order chi connectivity index (χ0) is 11.4. The summed E-state index contributed by atoms with van der Waals surface area (Å²) in [6, 6.07) is 7.65. The lowest BCUT2D eigenvalue weighted by molar-refractivity contribution is -0.777. The Labute approximate surface area is 128 Å². The molecular formula is C12H16Br2N4. The lowest BCUT2D eigenvalue weighted by Crippen LogP contribution is -3.00. The molecule has 6 heteroatoms. The molecule has 2 aromatic heterocycles. The monoisotopic (exact) mass is 374 g/mol. The molecule has 0 spiro atoms. The molecule has 2 aromatic rings. The Morgan fingerprint density at radius 3 is 1.50 bits per heavy atom. The van der Waals surface area contributed by atoms with Crippen molar-refractivity contribution in [3.8, 4) is 0 Å². The van der Waals surface area contributed by atoms with E-state index >= 15 is 0 Å². The van der Waals surface area contributed by atoms with Crippen molar-refractivity contribution < 1.29 is 43.1 Å². The number of hydrogen-bond acceptors (Lipinski definition) is 2. The average molecular weight is 376 g/mol. The molecule has 0 aliphatic heterocycles. The quantitative estimate of drug-likeness (QED) is 0.525. The molecule has 0 fully saturated rings. The summed E-state index contributed by atoms with van der Waals surface area (Å²) >= 11 is 0. The Balaban J connectivity index is 0.00000144. The van der Waals surface area contributed by atoms with Crippen LogP contribution in [0.5, 0.6) is 0 Å². The second kappa shape index (κ2) is 8.05. The van der Waals surface area contributed by atoms with Crippen molar-refractivity contribution in [1.29, 1.82) is 0 Å². The lowest BCUT2D eigenvalue weighted by atomic mass is 10.4. The van der Waals surface area contributed by atoms with Gasteiger partial charge in [-0.05, 0) is 12.1 Å². The molecule has 4 N–H and O–H groups in total. The molecule has 2 rings (SSSR count). The summed E-state index contributed by atoms with van der Waals surface area (Å²) in [7, 11) is 0. The van der Waals surface area contributed by atoms with Gasteiger partial charge in [0.15, 0.2) is 24.8 Å². The molecule has 0 saturated carbocycles. The van der Waals surface area contributed by atoms with E-state index in [0.717, 1.165) is 24.5 Å². The van der Waals surface area contributed by atoms with Crippen LogP contribution in [0, 0.1) is 0 Å². The maximum atomic E-state index is 5.70. The van der Waals surface area contributed by atoms with Crippen LogP contribution >= 0.6 is 0 Å². The average Bonchev–Trinajstić information content (AvgIpc) is 2.27. The van der Waals surface area contributed by atoms with Gasteiger partial charge in [-0.25, -0.2) is 0 Å². The fraction of sp³-hybridized carbons (Fsp3) is 0.167. The molecule has 0 radical (unpaired) electrons. The minimum absolute atomic E-state index is 0. The molecule has 0 unspecified atom stereocenters. The number of hydrogen-bond donors (Lipinski definition) is 2. The van der Waals surface area contributed by atoms with Crippen LogP contribution in [0.1, 0.15) is 0 Å². The number of anilines is 2. The van der Waals surface area contributed by atoms with Gasteiger partial charge in [0, 0.05) is 12.1 Å². The Kier molecular flexibility index (Phi) is 7.54. The van der Waals surface area contributed by atoms with Gasteiger partial charge in [0.2, 0.25) is 13.1 Å². The summed E-state index contributed by atoms with van der Waals surface area (Å²) in [5, 5.41) is 0. The summed E-state index contributed by atoms with van der Waals surface area (Å²) in [5.74, 6) is 0. The fourth-order valence-electron chi connectivity index (χ4n) is 1.59. The van der Waals surface area contributed by atoms with E-state index < -0.39 is 0 Å². The number of nitrogens with zero attached hydrogens (tertiary/aromatic N) is 2. The molecule has 18 heavy (non-hydrogen) atoms. The maximum Gasteiger partial charge on any atom is 0.206 e. The Bertz CT molecular complexity index is 446. The Morgan fingerprint density at radius 1 is 0.778 bits per heavy atom. The van der Waals surface area contributed by atoms with E-state index in [1.54, 1.807) is 0 Å². The summed E-state index contributed by atoms with van der Waals surface area (Å²) in [6.07, 6.45) is 7.85. The number of nitrogen functional groups attached to an aromatic ring is 2. The Hall–Kier alpha value is -1.14. The van der Waals surface area contributed by atoms with Crippen LogP contribution in [0.2, 0.25) is 0 Å². The van der Waals surface area contributed by atoms with Gasteiger partial charge in [-0.2, -0.15) is 9.13 Å². The highest BCUT2D eigenvalue weighted by molar-refractivity contribution is 5.30. The van der Waals surface area contributed by atoms with E-state index in [1.165, 1.54) is 0 Å². The number of halogens is 2. The number of aryl methyl sites for hydroxylation is 2. The maximum absolute atomic E-state index is 5.70. The van der Waals surface area contributed by atoms with E-state index in [0.29, 0.717) is 0 Å². The molecule has 0 bridgehead atoms. The van der Waals surface area contributed by atoms with Crippen LogP contribution in [0.25, 0.3) is 0 Å². The van der Waals surface area contributed by atoms with Crippen molar-refractivity contribution in [2.45, 2.75) is 13.1 Å². The van der Waals surface area contributed by atoms with Gasteiger partial charge in [-0.3, -0.25) is 0 Å². The lowest BCUT2D eigenvalue weighted by Gasteiger charge is -1.97. The minimum Gasteiger partial charge on any atom is -1.00 e. The number of pyridine rings is 2. The van der Waals surface area contributed by atoms with Crippen LogP contribution in [-0.4, -0.2) is 0 Å². The molecule has 0 saturated heterocycles. The number of aromatic nitrogens is 2. The first-order valence-corrected chi connectivity index (χ1v) is 5.23. The molecule has 2 heterocycles. The smallest absolute Gasteiger partial charge is 0.206 e. The molecule has 0 aliphatic rings. The first-order valence-electron chi connectivity index (χ1n) is 5.23. The summed E-state index contributed by atoms with van der Waals surface area (Å²) < 4.78 is 4.12. The van der Waals surface area contributed by atoms with Crippen molar-refractivity contribution in [1.82, 2.24) is 0 Å². The number of nitrogens with two attached hydrogens (primary N) is 2. The molecule has 0 amide bonds. The normalized spacial score (nSPS) is 9.11. The molecule has 0 aliphatic carbocycles. The van der Waals surface area contributed by atoms with E-state index in [-0.39, 0.29) is 34.0 Å². The van der Waals surface area contributed by atoms with E-state index in [4.69, 9.17) is 11.5 Å². The van der Waals surface area contributed by atoms with Gasteiger partial charge in [-0.15, -0.1) is 0 Å². The van der Waals surface area contributed by atoms with Crippen LogP contribution in [0.15, 0.2) is 49.1 Å². The van der Waals surface area contributed by atoms with Crippen molar-refractivity contribution in [2.75, 3.05) is 11.5 Å². The van der Waals surface area contributed by atoms with Gasteiger partial charge >= 0.3 is 0 Å². The van der Waals surface area contributed by atoms with Gasteiger partial charge in [0.05, 0.1) is 11.4 Å². The van der Waals surface area contributed by atoms with Gasteiger partial charge in [-0.1, -0.05) is 0 Å². The molecule has 0 atom stereocenters. The second-order valence-corrected chi connectivity index (χ2v) is 3.75. The Morgan fingerprint density at radius 2 is 1.17 bits per heavy atom. The largest absolute Gasteiger partial charge is 1.00 e. The highest BCUT2D eigenvalue weighted by atomic mass is 79.9. The number of rotatable bonds is 3. The standard InChI is InChI=1S/C12H16N4.2BrH/c13-11-3-1-5-15(9-11)7-8-16-6-2-4-12(14)10-16;;/h1-6,9-10H,7-8,13-14H2;2*1H/q+2;;/p-2. The third-order valence-corrected chi connectivity index (χ3v) is 2.38. The van der Waals surface area contributed by atoms with Crippen molar-refractivity contribution in [3.63, 3.8) is 0 Å². The van der Waals surface area contributed by atoms with Crippen molar-refractivity contribution in [2.24, 2.45) is 0 Å². The second-order valence-electron chi connectivity index (χ2n) is 3.75. The zero-order valence-electron chi connectivity index (χ0n) is 9.84. The van der Waals surface area contributed by atoms with Crippen LogP contribution in [-0.2, 0) is 13.1 Å². The van der Waals surface area contributed by atoms with Gasteiger partial charge < -0.3 is 45.4 Å². The summed E-state index contributed by atoms with van der Waals surface area (Å²) in [6.45, 7) is 1.75. The van der Waals surface area contributed by atoms with E-state index in [1.807, 2.05) is 49.1 Å². The van der Waals surface area contributed by atoms with E-state index in [9.17, 15) is 0 Å². The van der Waals surface area contributed by atoms with Gasteiger partial charge in [0.1, 0.15) is 0 Å². The fourth-order valence-corrected chi connectivity index (χ4v) is 1.59. The van der Waals surface area contributed by atoms with Crippen molar-refractivity contribution >= 4 is 11.4 Å². The van der Waals surface area contributed by atoms with Crippen LogP contribution in [0.4, 0.5) is 11.4 Å². The van der Waals surface area contributed by atoms with Crippen LogP contribution in [0.3, 0.4) is 0 Å². The molecule has 0 aromatic carbocycles. The summed E-state index contributed by atoms with van der Waals surface area (Å²) in [5.41, 5.74) is 13.0. The van der Waals surface area contributed by atoms with Crippen LogP contribution < -0.4 is 54.6 Å². The zero-order valence-corrected chi connectivity index (χ0v) is 13.0. The first kappa shape index (κ1) is 16.9. The minimum atomic E-state index is 0. The molecule has 4 nitrogen and oxygen atoms in total. The van der Waals surface area contributed by atoms with Crippen molar-refractivity contribution in [3.05, 3.63) is 49.1 Å². The third kappa shape index (κ3) is 5.01. The third-order valence-electron chi connectivity index (χ3n) is 2.38. The summed E-state index contributed by atoms with van der Waals surface area (Å²) in [4.78, 5) is 0. The SMILES string of the molecule is Nc1ccc[n+](CC[n+]2cccc(N)c2)c1.[Br-].[Br-]. The van der Waals surface area contributed by atoms with Gasteiger partial charge in [0.25, 0.3) is 0 Å². The van der Waals surface area contributed by atoms with E-state index in [2.05, 4.69) is 9.13 Å². The predicted molar refractivity (Wildman–Crippen MR) is 62.1 cm³/mol. The molecular weight excluding hydrogens is 360 g/mol.